The van der Waals surface area contributed by atoms with Crippen LogP contribution in [0.3, 0.4) is 0 Å². The fourth-order valence-electron chi connectivity index (χ4n) is 3.06. The fraction of sp³-hybridized carbons (Fsp3) is 0.143. The monoisotopic (exact) mass is 460 g/mol. The molecule has 2 heterocycles. The van der Waals surface area contributed by atoms with Crippen LogP contribution in [0.25, 0.3) is 16.9 Å². The Hall–Kier alpha value is -2.87. The second-order valence-corrected chi connectivity index (χ2v) is 7.47. The molecule has 0 aliphatic rings. The Bertz CT molecular complexity index is 1170. The van der Waals surface area contributed by atoms with E-state index in [9.17, 15) is 13.2 Å². The second-order valence-electron chi connectivity index (χ2n) is 6.62. The van der Waals surface area contributed by atoms with Gasteiger partial charge in [0.25, 0.3) is 0 Å². The normalized spacial score (nSPS) is 11.8. The van der Waals surface area contributed by atoms with Gasteiger partial charge in [0.1, 0.15) is 5.82 Å². The summed E-state index contributed by atoms with van der Waals surface area (Å²) in [6.07, 6.45) is -2.68. The quantitative estimate of drug-likeness (QED) is 0.400. The lowest BCUT2D eigenvalue weighted by Gasteiger charge is -2.13. The third kappa shape index (κ3) is 3.98. The summed E-state index contributed by atoms with van der Waals surface area (Å²) in [4.78, 5) is 4.71. The summed E-state index contributed by atoms with van der Waals surface area (Å²) in [5.74, 6) is 0.693. The Kier molecular flexibility index (Phi) is 5.04. The van der Waals surface area contributed by atoms with Crippen molar-refractivity contribution >= 4 is 27.4 Å². The van der Waals surface area contributed by atoms with Gasteiger partial charge in [-0.1, -0.05) is 36.4 Å². The van der Waals surface area contributed by atoms with E-state index in [-0.39, 0.29) is 0 Å². The molecule has 8 heteroatoms. The predicted molar refractivity (Wildman–Crippen MR) is 110 cm³/mol. The number of nitrogens with one attached hydrogen (secondary N) is 1. The maximum absolute atomic E-state index is 12.7. The summed E-state index contributed by atoms with van der Waals surface area (Å²) in [7, 11) is 0. The standard InChI is InChI=1S/C21H16BrF3N4/c1-13-4-2-3-5-16(13)18-10-19(29-20(28-18)17(22)12-27-29)26-11-14-6-8-15(9-7-14)21(23,24)25/h2-10,12,26H,11H2,1H3. The fourth-order valence-corrected chi connectivity index (χ4v) is 3.41. The van der Waals surface area contributed by atoms with Crippen molar-refractivity contribution in [2.45, 2.75) is 19.6 Å². The Morgan fingerprint density at radius 3 is 2.48 bits per heavy atom. The molecule has 0 amide bonds. The topological polar surface area (TPSA) is 42.2 Å². The minimum atomic E-state index is -4.34. The van der Waals surface area contributed by atoms with Crippen LogP contribution >= 0.6 is 15.9 Å². The lowest BCUT2D eigenvalue weighted by molar-refractivity contribution is -0.137. The van der Waals surface area contributed by atoms with E-state index in [1.165, 1.54) is 12.1 Å². The van der Waals surface area contributed by atoms with Crippen molar-refractivity contribution in [1.29, 1.82) is 0 Å². The largest absolute Gasteiger partial charge is 0.416 e. The molecule has 0 spiro atoms. The Morgan fingerprint density at radius 1 is 1.07 bits per heavy atom. The maximum atomic E-state index is 12.7. The van der Waals surface area contributed by atoms with Crippen molar-refractivity contribution in [2.75, 3.05) is 5.32 Å². The van der Waals surface area contributed by atoms with Gasteiger partial charge in [0, 0.05) is 18.2 Å². The number of nitrogens with zero attached hydrogens (tertiary/aromatic N) is 3. The van der Waals surface area contributed by atoms with E-state index in [0.717, 1.165) is 39.0 Å². The van der Waals surface area contributed by atoms with Crippen LogP contribution in [0.4, 0.5) is 19.0 Å². The van der Waals surface area contributed by atoms with Crippen molar-refractivity contribution in [3.05, 3.63) is 82.0 Å². The maximum Gasteiger partial charge on any atom is 0.416 e. The molecule has 0 bridgehead atoms. The minimum Gasteiger partial charge on any atom is -0.366 e. The summed E-state index contributed by atoms with van der Waals surface area (Å²) in [5, 5.41) is 7.59. The number of aromatic nitrogens is 3. The third-order valence-electron chi connectivity index (χ3n) is 4.60. The molecule has 0 saturated heterocycles. The molecule has 0 saturated carbocycles. The highest BCUT2D eigenvalue weighted by Crippen LogP contribution is 2.30. The van der Waals surface area contributed by atoms with E-state index in [4.69, 9.17) is 4.98 Å². The van der Waals surface area contributed by atoms with E-state index in [1.807, 2.05) is 37.3 Å². The van der Waals surface area contributed by atoms with Crippen molar-refractivity contribution in [1.82, 2.24) is 14.6 Å². The number of rotatable bonds is 4. The molecule has 0 unspecified atom stereocenters. The molecular formula is C21H16BrF3N4. The van der Waals surface area contributed by atoms with Gasteiger partial charge in [-0.2, -0.15) is 22.8 Å². The molecular weight excluding hydrogens is 445 g/mol. The predicted octanol–water partition coefficient (Wildman–Crippen LogP) is 6.10. The van der Waals surface area contributed by atoms with Gasteiger partial charge in [-0.15, -0.1) is 0 Å². The van der Waals surface area contributed by atoms with Crippen molar-refractivity contribution in [3.63, 3.8) is 0 Å². The van der Waals surface area contributed by atoms with Gasteiger partial charge < -0.3 is 5.32 Å². The Balaban J connectivity index is 1.67. The summed E-state index contributed by atoms with van der Waals surface area (Å²) in [6, 6.07) is 14.9. The molecule has 4 nitrogen and oxygen atoms in total. The highest BCUT2D eigenvalue weighted by molar-refractivity contribution is 9.10. The summed E-state index contributed by atoms with van der Waals surface area (Å²) in [6.45, 7) is 2.36. The third-order valence-corrected chi connectivity index (χ3v) is 5.16. The smallest absolute Gasteiger partial charge is 0.366 e. The SMILES string of the molecule is Cc1ccccc1-c1cc(NCc2ccc(C(F)(F)F)cc2)n2ncc(Br)c2n1. The molecule has 0 aliphatic heterocycles. The van der Waals surface area contributed by atoms with Gasteiger partial charge in [0.2, 0.25) is 0 Å². The molecule has 0 fully saturated rings. The first-order chi connectivity index (χ1) is 13.8. The van der Waals surface area contributed by atoms with Crippen LogP contribution in [0, 0.1) is 6.92 Å². The van der Waals surface area contributed by atoms with Gasteiger partial charge in [0.05, 0.1) is 21.9 Å². The highest BCUT2D eigenvalue weighted by Gasteiger charge is 2.29. The average Bonchev–Trinajstić information content (AvgIpc) is 3.07. The second kappa shape index (κ2) is 7.51. The molecule has 29 heavy (non-hydrogen) atoms. The van der Waals surface area contributed by atoms with Gasteiger partial charge in [-0.25, -0.2) is 4.98 Å². The number of aryl methyl sites for hydroxylation is 1. The van der Waals surface area contributed by atoms with Gasteiger partial charge >= 0.3 is 6.18 Å². The average molecular weight is 461 g/mol. The van der Waals surface area contributed by atoms with Gasteiger partial charge in [-0.3, -0.25) is 0 Å². The number of fused-ring (bicyclic) bond motifs is 1. The number of benzene rings is 2. The lowest BCUT2D eigenvalue weighted by Crippen LogP contribution is -2.08. The Morgan fingerprint density at radius 2 is 1.79 bits per heavy atom. The van der Waals surface area contributed by atoms with Crippen LogP contribution in [0.5, 0.6) is 0 Å². The molecule has 4 rings (SSSR count). The molecule has 2 aromatic heterocycles. The van der Waals surface area contributed by atoms with Crippen molar-refractivity contribution < 1.29 is 13.2 Å². The first-order valence-corrected chi connectivity index (χ1v) is 9.62. The lowest BCUT2D eigenvalue weighted by atomic mass is 10.1. The van der Waals surface area contributed by atoms with Crippen LogP contribution in [0.2, 0.25) is 0 Å². The zero-order valence-electron chi connectivity index (χ0n) is 15.3. The molecule has 1 N–H and O–H groups in total. The number of alkyl halides is 3. The summed E-state index contributed by atoms with van der Waals surface area (Å²) < 4.78 is 40.7. The zero-order valence-corrected chi connectivity index (χ0v) is 16.9. The molecule has 4 aromatic rings. The first kappa shape index (κ1) is 19.4. The van der Waals surface area contributed by atoms with E-state index in [2.05, 4.69) is 26.3 Å². The Labute approximate surface area is 173 Å². The number of hydrogen-bond acceptors (Lipinski definition) is 3. The van der Waals surface area contributed by atoms with Crippen LogP contribution in [0.15, 0.2) is 65.3 Å². The zero-order chi connectivity index (χ0) is 20.6. The highest BCUT2D eigenvalue weighted by atomic mass is 79.9. The van der Waals surface area contributed by atoms with E-state index in [0.29, 0.717) is 18.0 Å². The number of hydrogen-bond donors (Lipinski definition) is 1. The van der Waals surface area contributed by atoms with Crippen LogP contribution in [-0.2, 0) is 12.7 Å². The molecule has 2 aromatic carbocycles. The van der Waals surface area contributed by atoms with E-state index >= 15 is 0 Å². The van der Waals surface area contributed by atoms with Crippen LogP contribution in [0.1, 0.15) is 16.7 Å². The van der Waals surface area contributed by atoms with E-state index in [1.54, 1.807) is 10.7 Å². The first-order valence-electron chi connectivity index (χ1n) is 8.83. The molecule has 0 radical (unpaired) electrons. The molecule has 0 aliphatic carbocycles. The number of anilines is 1. The van der Waals surface area contributed by atoms with Gasteiger partial charge in [0.15, 0.2) is 5.65 Å². The van der Waals surface area contributed by atoms with E-state index < -0.39 is 11.7 Å². The molecule has 148 valence electrons. The van der Waals surface area contributed by atoms with Crippen LogP contribution in [-0.4, -0.2) is 14.6 Å². The van der Waals surface area contributed by atoms with Gasteiger partial charge in [-0.05, 0) is 46.1 Å². The number of halogens is 4. The minimum absolute atomic E-state index is 0.349. The summed E-state index contributed by atoms with van der Waals surface area (Å²) >= 11 is 3.47. The summed E-state index contributed by atoms with van der Waals surface area (Å²) in [5.41, 5.74) is 3.60. The van der Waals surface area contributed by atoms with Crippen molar-refractivity contribution in [3.8, 4) is 11.3 Å². The van der Waals surface area contributed by atoms with Crippen molar-refractivity contribution in [2.24, 2.45) is 0 Å². The van der Waals surface area contributed by atoms with Crippen LogP contribution < -0.4 is 5.32 Å². The molecule has 0 atom stereocenters.